The summed E-state index contributed by atoms with van der Waals surface area (Å²) in [5.41, 5.74) is 4.65. The van der Waals surface area contributed by atoms with Gasteiger partial charge in [0.15, 0.2) is 0 Å². The minimum Gasteiger partial charge on any atom is -0.455 e. The smallest absolute Gasteiger partial charge is 0.244 e. The molecular formula is C20H15N3O2. The molecule has 0 aliphatic carbocycles. The second-order valence-electron chi connectivity index (χ2n) is 5.31. The molecule has 1 aromatic heterocycles. The molecule has 122 valence electrons. The summed E-state index contributed by atoms with van der Waals surface area (Å²) in [5.74, 6) is 0.862. The van der Waals surface area contributed by atoms with Gasteiger partial charge in [0, 0.05) is 5.56 Å². The molecule has 1 amide bonds. The van der Waals surface area contributed by atoms with Crippen LogP contribution in [0.5, 0.6) is 0 Å². The fourth-order valence-corrected chi connectivity index (χ4v) is 2.35. The minimum atomic E-state index is -0.205. The average molecular weight is 329 g/mol. The molecular weight excluding hydrogens is 314 g/mol. The van der Waals surface area contributed by atoms with Crippen LogP contribution in [0.15, 0.2) is 76.2 Å². The first kappa shape index (κ1) is 16.2. The van der Waals surface area contributed by atoms with E-state index in [-0.39, 0.29) is 12.3 Å². The lowest BCUT2D eigenvalue weighted by Crippen LogP contribution is -2.19. The second kappa shape index (κ2) is 7.75. The number of hydrogen-bond acceptors (Lipinski definition) is 4. The van der Waals surface area contributed by atoms with E-state index in [0.717, 1.165) is 11.1 Å². The van der Waals surface area contributed by atoms with Crippen LogP contribution in [0.4, 0.5) is 0 Å². The van der Waals surface area contributed by atoms with Gasteiger partial charge in [0.05, 0.1) is 24.3 Å². The van der Waals surface area contributed by atoms with Crippen LogP contribution in [-0.2, 0) is 11.2 Å². The van der Waals surface area contributed by atoms with E-state index >= 15 is 0 Å². The molecule has 0 aliphatic rings. The molecule has 1 N–H and O–H groups in total. The molecule has 25 heavy (non-hydrogen) atoms. The number of nitriles is 1. The molecule has 0 radical (unpaired) electrons. The number of furan rings is 1. The number of hydrogen-bond donors (Lipinski definition) is 1. The zero-order valence-electron chi connectivity index (χ0n) is 13.3. The van der Waals surface area contributed by atoms with Gasteiger partial charge in [0.1, 0.15) is 11.5 Å². The van der Waals surface area contributed by atoms with Crippen molar-refractivity contribution in [3.8, 4) is 17.4 Å². The average Bonchev–Trinajstić information content (AvgIpc) is 3.11. The molecule has 0 unspecified atom stereocenters. The zero-order chi connectivity index (χ0) is 17.5. The number of benzene rings is 2. The Balaban J connectivity index is 1.62. The second-order valence-corrected chi connectivity index (χ2v) is 5.31. The molecule has 1 heterocycles. The molecule has 5 heteroatoms. The van der Waals surface area contributed by atoms with Crippen molar-refractivity contribution < 1.29 is 9.21 Å². The highest BCUT2D eigenvalue weighted by molar-refractivity contribution is 5.82. The first-order valence-electron chi connectivity index (χ1n) is 7.71. The fraction of sp³-hybridized carbons (Fsp3) is 0.0500. The van der Waals surface area contributed by atoms with E-state index in [1.54, 1.807) is 24.3 Å². The lowest BCUT2D eigenvalue weighted by molar-refractivity contribution is -0.120. The highest BCUT2D eigenvalue weighted by atomic mass is 16.3. The molecule has 0 aliphatic heterocycles. The van der Waals surface area contributed by atoms with E-state index in [9.17, 15) is 4.79 Å². The third kappa shape index (κ3) is 4.21. The number of nitrogens with zero attached hydrogens (tertiary/aromatic N) is 2. The van der Waals surface area contributed by atoms with Gasteiger partial charge in [-0.2, -0.15) is 10.4 Å². The zero-order valence-corrected chi connectivity index (χ0v) is 13.3. The largest absolute Gasteiger partial charge is 0.455 e. The molecule has 0 bridgehead atoms. The van der Waals surface area contributed by atoms with E-state index < -0.39 is 0 Å². The van der Waals surface area contributed by atoms with E-state index in [4.69, 9.17) is 9.68 Å². The van der Waals surface area contributed by atoms with Crippen LogP contribution in [0.25, 0.3) is 11.3 Å². The Morgan fingerprint density at radius 2 is 1.84 bits per heavy atom. The Morgan fingerprint density at radius 3 is 2.64 bits per heavy atom. The molecule has 0 atom stereocenters. The Labute approximate surface area is 145 Å². The topological polar surface area (TPSA) is 78.4 Å². The first-order chi connectivity index (χ1) is 12.3. The van der Waals surface area contributed by atoms with E-state index in [0.29, 0.717) is 17.1 Å². The molecule has 2 aromatic carbocycles. The third-order valence-corrected chi connectivity index (χ3v) is 3.53. The maximum Gasteiger partial charge on any atom is 0.244 e. The van der Waals surface area contributed by atoms with Crippen LogP contribution < -0.4 is 5.43 Å². The normalized spacial score (nSPS) is 10.5. The molecule has 0 saturated carbocycles. The highest BCUT2D eigenvalue weighted by Gasteiger charge is 2.08. The summed E-state index contributed by atoms with van der Waals surface area (Å²) >= 11 is 0. The van der Waals surface area contributed by atoms with Crippen molar-refractivity contribution in [2.24, 2.45) is 5.10 Å². The van der Waals surface area contributed by atoms with Gasteiger partial charge >= 0.3 is 0 Å². The summed E-state index contributed by atoms with van der Waals surface area (Å²) in [6.45, 7) is 0. The number of hydrazone groups is 1. The standard InChI is InChI=1S/C20H15N3O2/c21-13-16-8-4-5-9-18(16)19-11-10-17(25-19)14-22-23-20(24)12-15-6-2-1-3-7-15/h1-11,14H,12H2,(H,23,24)/b22-14+. The van der Waals surface area contributed by atoms with Crippen LogP contribution >= 0.6 is 0 Å². The summed E-state index contributed by atoms with van der Waals surface area (Å²) < 4.78 is 5.66. The SMILES string of the molecule is N#Cc1ccccc1-c1ccc(/C=N/NC(=O)Cc2ccccc2)o1. The number of amides is 1. The van der Waals surface area contributed by atoms with Gasteiger partial charge in [-0.25, -0.2) is 5.43 Å². The Kier molecular flexibility index (Phi) is 5.03. The number of nitrogens with one attached hydrogen (secondary N) is 1. The van der Waals surface area contributed by atoms with Crippen molar-refractivity contribution in [3.63, 3.8) is 0 Å². The van der Waals surface area contributed by atoms with Crippen LogP contribution in [0.2, 0.25) is 0 Å². The van der Waals surface area contributed by atoms with Crippen molar-refractivity contribution in [2.45, 2.75) is 6.42 Å². The van der Waals surface area contributed by atoms with Crippen molar-refractivity contribution in [1.29, 1.82) is 5.26 Å². The lowest BCUT2D eigenvalue weighted by Gasteiger charge is -2.00. The van der Waals surface area contributed by atoms with E-state index in [1.807, 2.05) is 42.5 Å². The minimum absolute atomic E-state index is 0.205. The molecule has 5 nitrogen and oxygen atoms in total. The summed E-state index contributed by atoms with van der Waals surface area (Å²) in [7, 11) is 0. The number of rotatable bonds is 5. The van der Waals surface area contributed by atoms with Crippen LogP contribution in [-0.4, -0.2) is 12.1 Å². The van der Waals surface area contributed by atoms with Crippen molar-refractivity contribution >= 4 is 12.1 Å². The van der Waals surface area contributed by atoms with Crippen LogP contribution in [0, 0.1) is 11.3 Å². The van der Waals surface area contributed by atoms with Crippen molar-refractivity contribution in [1.82, 2.24) is 5.43 Å². The maximum atomic E-state index is 11.8. The number of carbonyl (C=O) groups excluding carboxylic acids is 1. The molecule has 3 aromatic rings. The summed E-state index contributed by atoms with van der Waals surface area (Å²) in [6, 6.07) is 22.3. The van der Waals surface area contributed by atoms with Gasteiger partial charge in [-0.05, 0) is 29.8 Å². The summed E-state index contributed by atoms with van der Waals surface area (Å²) in [5, 5.41) is 13.0. The maximum absolute atomic E-state index is 11.8. The van der Waals surface area contributed by atoms with Crippen LogP contribution in [0.1, 0.15) is 16.9 Å². The van der Waals surface area contributed by atoms with Gasteiger partial charge < -0.3 is 4.42 Å². The summed E-state index contributed by atoms with van der Waals surface area (Å²) in [4.78, 5) is 11.8. The Bertz CT molecular complexity index is 937. The highest BCUT2D eigenvalue weighted by Crippen LogP contribution is 2.24. The van der Waals surface area contributed by atoms with E-state index in [1.165, 1.54) is 6.21 Å². The van der Waals surface area contributed by atoms with Gasteiger partial charge in [0.2, 0.25) is 5.91 Å². The predicted molar refractivity (Wildman–Crippen MR) is 94.7 cm³/mol. The summed E-state index contributed by atoms with van der Waals surface area (Å²) in [6.07, 6.45) is 1.69. The first-order valence-corrected chi connectivity index (χ1v) is 7.71. The van der Waals surface area contributed by atoms with Crippen LogP contribution in [0.3, 0.4) is 0 Å². The van der Waals surface area contributed by atoms with E-state index in [2.05, 4.69) is 16.6 Å². The Hall–Kier alpha value is -3.65. The van der Waals surface area contributed by atoms with Gasteiger partial charge in [-0.15, -0.1) is 0 Å². The molecule has 0 fully saturated rings. The quantitative estimate of drug-likeness (QED) is 0.574. The predicted octanol–water partition coefficient (Wildman–Crippen LogP) is 3.51. The van der Waals surface area contributed by atoms with Gasteiger partial charge in [0.25, 0.3) is 0 Å². The lowest BCUT2D eigenvalue weighted by atomic mass is 10.1. The van der Waals surface area contributed by atoms with Crippen molar-refractivity contribution in [3.05, 3.63) is 83.6 Å². The molecule has 3 rings (SSSR count). The third-order valence-electron chi connectivity index (χ3n) is 3.53. The van der Waals surface area contributed by atoms with Crippen molar-refractivity contribution in [2.75, 3.05) is 0 Å². The monoisotopic (exact) mass is 329 g/mol. The van der Waals surface area contributed by atoms with Gasteiger partial charge in [-0.3, -0.25) is 4.79 Å². The fourth-order valence-electron chi connectivity index (χ4n) is 2.35. The molecule has 0 saturated heterocycles. The Morgan fingerprint density at radius 1 is 1.08 bits per heavy atom. The molecule has 0 spiro atoms. The van der Waals surface area contributed by atoms with Gasteiger partial charge in [-0.1, -0.05) is 42.5 Å². The number of carbonyl (C=O) groups is 1.